The van der Waals surface area contributed by atoms with Crippen molar-refractivity contribution in [3.63, 3.8) is 0 Å². The van der Waals surface area contributed by atoms with Crippen LogP contribution < -0.4 is 14.5 Å². The third kappa shape index (κ3) is 12.6. The first-order valence-corrected chi connectivity index (χ1v) is 16.8. The Morgan fingerprint density at radius 1 is 0.727 bits per heavy atom. The minimum atomic E-state index is -0.711. The fourth-order valence-electron chi connectivity index (χ4n) is 6.07. The first-order valence-electron chi connectivity index (χ1n) is 16.8. The fraction of sp³-hybridized carbons (Fsp3) is 0.541. The molecule has 3 unspecified atom stereocenters. The fourth-order valence-corrected chi connectivity index (χ4v) is 6.07. The quantitative estimate of drug-likeness (QED) is 0.103. The van der Waals surface area contributed by atoms with Gasteiger partial charge in [-0.2, -0.15) is 0 Å². The minimum Gasteiger partial charge on any atom is -0.481 e. The number of hydrogen-bond donors (Lipinski definition) is 2. The summed E-state index contributed by atoms with van der Waals surface area (Å²) in [5.74, 6) is 0.770. The summed E-state index contributed by atoms with van der Waals surface area (Å²) in [6.07, 6.45) is 22.5. The zero-order valence-electron chi connectivity index (χ0n) is 27.2. The predicted octanol–water partition coefficient (Wildman–Crippen LogP) is 6.86. The number of amides is 1. The molecule has 238 valence electrons. The number of carbonyl (C=O) groups is 2. The number of aliphatic carboxylic acids is 1. The van der Waals surface area contributed by atoms with Crippen molar-refractivity contribution in [2.75, 3.05) is 6.54 Å². The molecule has 0 radical (unpaired) electrons. The van der Waals surface area contributed by atoms with E-state index >= 15 is 0 Å². The van der Waals surface area contributed by atoms with Crippen molar-refractivity contribution in [1.29, 1.82) is 0 Å². The van der Waals surface area contributed by atoms with E-state index in [4.69, 9.17) is 5.11 Å². The molecular weight excluding hydrogens is 548 g/mol. The van der Waals surface area contributed by atoms with E-state index in [2.05, 4.69) is 94.5 Å². The molecule has 3 aromatic rings. The molecule has 3 heterocycles. The molecule has 0 aliphatic rings. The molecule has 0 spiro atoms. The Kier molecular flexibility index (Phi) is 15.6. The van der Waals surface area contributed by atoms with E-state index in [0.717, 1.165) is 70.9 Å². The van der Waals surface area contributed by atoms with E-state index < -0.39 is 5.97 Å². The van der Waals surface area contributed by atoms with E-state index in [1.54, 1.807) is 0 Å². The second-order valence-corrected chi connectivity index (χ2v) is 12.2. The number of carboxylic acids is 1. The smallest absolute Gasteiger partial charge is 0.303 e. The van der Waals surface area contributed by atoms with Crippen molar-refractivity contribution >= 4 is 11.9 Å². The van der Waals surface area contributed by atoms with Crippen LogP contribution in [0.4, 0.5) is 0 Å². The van der Waals surface area contributed by atoms with Crippen LogP contribution in [0.3, 0.4) is 0 Å². The van der Waals surface area contributed by atoms with Gasteiger partial charge in [0, 0.05) is 68.9 Å². The van der Waals surface area contributed by atoms with Gasteiger partial charge in [0.1, 0.15) is 13.1 Å². The number of hydrogen-bond acceptors (Lipinski definition) is 3. The molecule has 7 heteroatoms. The van der Waals surface area contributed by atoms with Gasteiger partial charge < -0.3 is 10.4 Å². The van der Waals surface area contributed by atoms with Crippen LogP contribution >= 0.6 is 0 Å². The van der Waals surface area contributed by atoms with Gasteiger partial charge in [-0.15, -0.1) is 0 Å². The van der Waals surface area contributed by atoms with Gasteiger partial charge in [0.25, 0.3) is 0 Å². The van der Waals surface area contributed by atoms with Crippen LogP contribution in [0, 0.1) is 0 Å². The van der Waals surface area contributed by atoms with Crippen molar-refractivity contribution in [1.82, 2.24) is 10.3 Å². The van der Waals surface area contributed by atoms with Crippen LogP contribution in [-0.4, -0.2) is 28.5 Å². The summed E-state index contributed by atoms with van der Waals surface area (Å²) >= 11 is 0. The number of pyridine rings is 3. The van der Waals surface area contributed by atoms with E-state index in [1.807, 2.05) is 19.3 Å². The van der Waals surface area contributed by atoms with Gasteiger partial charge in [-0.3, -0.25) is 14.6 Å². The van der Waals surface area contributed by atoms with Crippen molar-refractivity contribution in [3.05, 3.63) is 90.3 Å². The highest BCUT2D eigenvalue weighted by Gasteiger charge is 2.23. The highest BCUT2D eigenvalue weighted by Crippen LogP contribution is 2.38. The summed E-state index contributed by atoms with van der Waals surface area (Å²) in [6.45, 7) is 9.19. The van der Waals surface area contributed by atoms with E-state index in [1.165, 1.54) is 16.7 Å². The Bertz CT molecular complexity index is 1230. The molecule has 7 nitrogen and oxygen atoms in total. The maximum Gasteiger partial charge on any atom is 0.303 e. The molecule has 0 aliphatic heterocycles. The lowest BCUT2D eigenvalue weighted by molar-refractivity contribution is -0.697. The summed E-state index contributed by atoms with van der Waals surface area (Å²) < 4.78 is 4.47. The topological polar surface area (TPSA) is 87.1 Å². The molecule has 0 aliphatic carbocycles. The van der Waals surface area contributed by atoms with Gasteiger partial charge in [0.05, 0.1) is 0 Å². The number of aromatic nitrogens is 3. The molecule has 2 N–H and O–H groups in total. The summed E-state index contributed by atoms with van der Waals surface area (Å²) in [5.41, 5.74) is 4.11. The Balaban J connectivity index is 1.57. The first-order chi connectivity index (χ1) is 21.4. The lowest BCUT2D eigenvalue weighted by atomic mass is 9.79. The Morgan fingerprint density at radius 2 is 1.27 bits per heavy atom. The largest absolute Gasteiger partial charge is 0.481 e. The van der Waals surface area contributed by atoms with Gasteiger partial charge in [0.15, 0.2) is 24.8 Å². The lowest BCUT2D eigenvalue weighted by Crippen LogP contribution is -2.32. The van der Waals surface area contributed by atoms with Crippen LogP contribution in [0.5, 0.6) is 0 Å². The highest BCUT2D eigenvalue weighted by atomic mass is 16.4. The van der Waals surface area contributed by atoms with Crippen LogP contribution in [0.25, 0.3) is 0 Å². The number of nitrogens with one attached hydrogen (secondary N) is 1. The van der Waals surface area contributed by atoms with Gasteiger partial charge in [-0.1, -0.05) is 13.8 Å². The molecule has 44 heavy (non-hydrogen) atoms. The van der Waals surface area contributed by atoms with Crippen molar-refractivity contribution in [3.8, 4) is 0 Å². The zero-order valence-corrected chi connectivity index (χ0v) is 27.2. The summed E-state index contributed by atoms with van der Waals surface area (Å²) in [6, 6.07) is 13.5. The van der Waals surface area contributed by atoms with E-state index in [0.29, 0.717) is 30.7 Å². The van der Waals surface area contributed by atoms with Gasteiger partial charge in [-0.05, 0) is 98.4 Å². The SMILES string of the molecule is CCNC(=O)CCCCC[n+]1ccc(C(CC)CC(CC(C)c2cc[n+](CCCCCC(=O)O)cc2)c2ccncc2)cc1. The molecule has 1 amide bonds. The number of carboxylic acid groups (broad SMARTS) is 1. The third-order valence-corrected chi connectivity index (χ3v) is 8.75. The molecule has 0 aromatic carbocycles. The molecule has 0 bridgehead atoms. The van der Waals surface area contributed by atoms with E-state index in [-0.39, 0.29) is 12.3 Å². The Hall–Kier alpha value is -3.61. The average molecular weight is 603 g/mol. The van der Waals surface area contributed by atoms with Crippen LogP contribution in [0.15, 0.2) is 73.6 Å². The number of carbonyl (C=O) groups excluding carboxylic acids is 1. The molecule has 3 aromatic heterocycles. The minimum absolute atomic E-state index is 0.157. The van der Waals surface area contributed by atoms with Crippen LogP contribution in [-0.2, 0) is 22.7 Å². The molecule has 3 atom stereocenters. The first kappa shape index (κ1) is 34.9. The summed E-state index contributed by atoms with van der Waals surface area (Å²) in [7, 11) is 0. The standard InChI is InChI=1S/C37H52N4O3/c1-4-31(34-18-26-41(27-19-34)22-10-6-8-12-36(42)39-5-2)29-35(33-14-20-38-21-15-33)28-30(3)32-16-24-40(25-17-32)23-11-7-9-13-37(43)44/h14-21,24-27,30-31,35H,4-13,22-23,28-29H2,1-3H3/p+2. The lowest BCUT2D eigenvalue weighted by Gasteiger charge is -2.26. The zero-order chi connectivity index (χ0) is 31.6. The average Bonchev–Trinajstić information content (AvgIpc) is 3.03. The molecule has 0 fully saturated rings. The molecular formula is C37H54N4O3+2. The maximum absolute atomic E-state index is 11.6. The number of rotatable bonds is 21. The summed E-state index contributed by atoms with van der Waals surface area (Å²) in [4.78, 5) is 26.7. The molecule has 0 saturated carbocycles. The van der Waals surface area contributed by atoms with Crippen molar-refractivity contribution < 1.29 is 23.8 Å². The summed E-state index contributed by atoms with van der Waals surface area (Å²) in [5, 5.41) is 11.7. The van der Waals surface area contributed by atoms with Gasteiger partial charge in [-0.25, -0.2) is 9.13 Å². The van der Waals surface area contributed by atoms with Crippen LogP contribution in [0.1, 0.15) is 126 Å². The van der Waals surface area contributed by atoms with E-state index in [9.17, 15) is 9.59 Å². The normalized spacial score (nSPS) is 13.2. The molecule has 3 rings (SSSR count). The number of aryl methyl sites for hydroxylation is 2. The Morgan fingerprint density at radius 3 is 1.82 bits per heavy atom. The van der Waals surface area contributed by atoms with Crippen molar-refractivity contribution in [2.45, 2.75) is 122 Å². The molecule has 0 saturated heterocycles. The maximum atomic E-state index is 11.6. The highest BCUT2D eigenvalue weighted by molar-refractivity contribution is 5.75. The van der Waals surface area contributed by atoms with Crippen LogP contribution in [0.2, 0.25) is 0 Å². The number of unbranched alkanes of at least 4 members (excludes halogenated alkanes) is 4. The van der Waals surface area contributed by atoms with Gasteiger partial charge in [0.2, 0.25) is 5.91 Å². The Labute approximate surface area is 264 Å². The van der Waals surface area contributed by atoms with Gasteiger partial charge >= 0.3 is 5.97 Å². The number of nitrogens with zero attached hydrogens (tertiary/aromatic N) is 3. The second-order valence-electron chi connectivity index (χ2n) is 12.2. The van der Waals surface area contributed by atoms with Crippen molar-refractivity contribution in [2.24, 2.45) is 0 Å². The second kappa shape index (κ2) is 19.6. The monoisotopic (exact) mass is 602 g/mol. The predicted molar refractivity (Wildman–Crippen MR) is 174 cm³/mol. The third-order valence-electron chi connectivity index (χ3n) is 8.75.